The van der Waals surface area contributed by atoms with Crippen LogP contribution in [0.25, 0.3) is 10.8 Å². The molecule has 0 radical (unpaired) electrons. The first-order valence-electron chi connectivity index (χ1n) is 7.01. The van der Waals surface area contributed by atoms with Gasteiger partial charge in [-0.1, -0.05) is 18.2 Å². The van der Waals surface area contributed by atoms with Gasteiger partial charge in [-0.3, -0.25) is 4.79 Å². The van der Waals surface area contributed by atoms with Gasteiger partial charge in [0.25, 0.3) is 0 Å². The quantitative estimate of drug-likeness (QED) is 0.908. The third-order valence-corrected chi connectivity index (χ3v) is 4.10. The number of aryl methyl sites for hydroxylation is 1. The molecule has 0 spiro atoms. The maximum absolute atomic E-state index is 11.7. The maximum atomic E-state index is 11.7. The first kappa shape index (κ1) is 12.9. The summed E-state index contributed by atoms with van der Waals surface area (Å²) >= 11 is 0. The van der Waals surface area contributed by atoms with Crippen molar-refractivity contribution in [2.75, 3.05) is 25.0 Å². The van der Waals surface area contributed by atoms with Crippen LogP contribution in [-0.2, 0) is 4.79 Å². The van der Waals surface area contributed by atoms with Crippen LogP contribution in [0.4, 0.5) is 5.82 Å². The predicted octanol–water partition coefficient (Wildman–Crippen LogP) is 2.12. The first-order valence-corrected chi connectivity index (χ1v) is 7.01. The minimum Gasteiger partial charge on any atom is -0.359 e. The molecular formula is C16H19N3O. The topological polar surface area (TPSA) is 45.2 Å². The van der Waals surface area contributed by atoms with E-state index in [4.69, 9.17) is 0 Å². The number of hydrogen-bond acceptors (Lipinski definition) is 3. The van der Waals surface area contributed by atoms with Crippen LogP contribution in [0.3, 0.4) is 0 Å². The molecule has 1 aromatic heterocycles. The number of nitrogens with zero attached hydrogens (tertiary/aromatic N) is 2. The smallest absolute Gasteiger partial charge is 0.224 e. The third-order valence-electron chi connectivity index (χ3n) is 4.10. The summed E-state index contributed by atoms with van der Waals surface area (Å²) in [6, 6.07) is 8.40. The average Bonchev–Trinajstić information content (AvgIpc) is 2.96. The fraction of sp³-hybridized carbons (Fsp3) is 0.375. The van der Waals surface area contributed by atoms with Crippen molar-refractivity contribution in [3.8, 4) is 0 Å². The molecule has 0 bridgehead atoms. The summed E-state index contributed by atoms with van der Waals surface area (Å²) in [6.45, 7) is 3.74. The summed E-state index contributed by atoms with van der Waals surface area (Å²) in [5.74, 6) is 1.17. The van der Waals surface area contributed by atoms with E-state index in [1.165, 1.54) is 16.3 Å². The Hall–Kier alpha value is -2.10. The molecule has 1 aromatic carbocycles. The van der Waals surface area contributed by atoms with E-state index in [9.17, 15) is 4.79 Å². The molecule has 1 aliphatic rings. The molecule has 1 amide bonds. The molecule has 1 saturated heterocycles. The Morgan fingerprint density at radius 2 is 2.30 bits per heavy atom. The zero-order chi connectivity index (χ0) is 14.1. The molecule has 0 saturated carbocycles. The fourth-order valence-electron chi connectivity index (χ4n) is 2.87. The second kappa shape index (κ2) is 5.12. The Morgan fingerprint density at radius 3 is 3.10 bits per heavy atom. The molecular weight excluding hydrogens is 250 g/mol. The highest BCUT2D eigenvalue weighted by Crippen LogP contribution is 2.26. The molecule has 1 N–H and O–H groups in total. The van der Waals surface area contributed by atoms with E-state index in [1.54, 1.807) is 7.05 Å². The van der Waals surface area contributed by atoms with Gasteiger partial charge in [0.2, 0.25) is 5.91 Å². The summed E-state index contributed by atoms with van der Waals surface area (Å²) in [7, 11) is 1.70. The van der Waals surface area contributed by atoms with Gasteiger partial charge in [0.1, 0.15) is 5.82 Å². The lowest BCUT2D eigenvalue weighted by Gasteiger charge is -2.18. The molecule has 1 aliphatic heterocycles. The third kappa shape index (κ3) is 2.22. The summed E-state index contributed by atoms with van der Waals surface area (Å²) in [5, 5.41) is 5.13. The van der Waals surface area contributed by atoms with Gasteiger partial charge in [-0.2, -0.15) is 0 Å². The predicted molar refractivity (Wildman–Crippen MR) is 80.9 cm³/mol. The number of aromatic nitrogens is 1. The second-order valence-corrected chi connectivity index (χ2v) is 5.38. The van der Waals surface area contributed by atoms with Gasteiger partial charge in [-0.25, -0.2) is 4.98 Å². The standard InChI is InChI=1S/C16H19N3O/c1-11-4-3-5-12-8-15(18-9-14(11)12)19-7-6-13(10-19)16(20)17-2/h3-5,8-9,13H,6-7,10H2,1-2H3,(H,17,20)/t13-/m1/s1. The summed E-state index contributed by atoms with van der Waals surface area (Å²) < 4.78 is 0. The minimum atomic E-state index is 0.0787. The Kier molecular flexibility index (Phi) is 3.30. The Morgan fingerprint density at radius 1 is 1.45 bits per heavy atom. The van der Waals surface area contributed by atoms with Crippen molar-refractivity contribution in [1.29, 1.82) is 0 Å². The molecule has 1 atom stereocenters. The second-order valence-electron chi connectivity index (χ2n) is 5.38. The molecule has 0 aliphatic carbocycles. The number of hydrogen-bond donors (Lipinski definition) is 1. The number of amides is 1. The van der Waals surface area contributed by atoms with Gasteiger partial charge in [0.05, 0.1) is 5.92 Å². The fourth-order valence-corrected chi connectivity index (χ4v) is 2.87. The summed E-state index contributed by atoms with van der Waals surface area (Å²) in [6.07, 6.45) is 2.83. The number of carbonyl (C=O) groups is 1. The molecule has 104 valence electrons. The van der Waals surface area contributed by atoms with Crippen LogP contribution in [0.5, 0.6) is 0 Å². The number of benzene rings is 1. The van der Waals surface area contributed by atoms with E-state index >= 15 is 0 Å². The van der Waals surface area contributed by atoms with E-state index in [-0.39, 0.29) is 11.8 Å². The van der Waals surface area contributed by atoms with Gasteiger partial charge in [0, 0.05) is 31.7 Å². The van der Waals surface area contributed by atoms with Crippen molar-refractivity contribution in [3.05, 3.63) is 36.0 Å². The lowest BCUT2D eigenvalue weighted by atomic mass is 10.1. The van der Waals surface area contributed by atoms with Crippen LogP contribution < -0.4 is 10.2 Å². The number of rotatable bonds is 2. The van der Waals surface area contributed by atoms with Crippen LogP contribution in [0.15, 0.2) is 30.5 Å². The van der Waals surface area contributed by atoms with E-state index in [0.717, 1.165) is 25.3 Å². The zero-order valence-corrected chi connectivity index (χ0v) is 11.9. The average molecular weight is 269 g/mol. The van der Waals surface area contributed by atoms with Crippen molar-refractivity contribution in [3.63, 3.8) is 0 Å². The lowest BCUT2D eigenvalue weighted by Crippen LogP contribution is -2.30. The van der Waals surface area contributed by atoms with Crippen molar-refractivity contribution in [2.45, 2.75) is 13.3 Å². The van der Waals surface area contributed by atoms with Crippen molar-refractivity contribution >= 4 is 22.5 Å². The van der Waals surface area contributed by atoms with Crippen LogP contribution in [0.1, 0.15) is 12.0 Å². The largest absolute Gasteiger partial charge is 0.359 e. The van der Waals surface area contributed by atoms with E-state index < -0.39 is 0 Å². The van der Waals surface area contributed by atoms with E-state index in [2.05, 4.69) is 46.4 Å². The Bertz CT molecular complexity index is 653. The van der Waals surface area contributed by atoms with Gasteiger partial charge in [-0.05, 0) is 30.4 Å². The van der Waals surface area contributed by atoms with Gasteiger partial charge < -0.3 is 10.2 Å². The molecule has 2 aromatic rings. The number of carbonyl (C=O) groups excluding carboxylic acids is 1. The number of nitrogens with one attached hydrogen (secondary N) is 1. The summed E-state index contributed by atoms with van der Waals surface area (Å²) in [5.41, 5.74) is 1.24. The number of pyridine rings is 1. The molecule has 2 heterocycles. The van der Waals surface area contributed by atoms with Crippen molar-refractivity contribution < 1.29 is 4.79 Å². The van der Waals surface area contributed by atoms with Crippen LogP contribution in [0.2, 0.25) is 0 Å². The highest BCUT2D eigenvalue weighted by atomic mass is 16.1. The summed E-state index contributed by atoms with van der Waals surface area (Å²) in [4.78, 5) is 18.4. The lowest BCUT2D eigenvalue weighted by molar-refractivity contribution is -0.123. The van der Waals surface area contributed by atoms with Gasteiger partial charge in [-0.15, -0.1) is 0 Å². The molecule has 0 unspecified atom stereocenters. The Balaban J connectivity index is 1.87. The molecule has 20 heavy (non-hydrogen) atoms. The van der Waals surface area contributed by atoms with E-state index in [0.29, 0.717) is 0 Å². The van der Waals surface area contributed by atoms with Crippen molar-refractivity contribution in [2.24, 2.45) is 5.92 Å². The minimum absolute atomic E-state index is 0.0787. The first-order chi connectivity index (χ1) is 9.69. The highest BCUT2D eigenvalue weighted by Gasteiger charge is 2.28. The zero-order valence-electron chi connectivity index (χ0n) is 11.9. The number of anilines is 1. The number of fused-ring (bicyclic) bond motifs is 1. The molecule has 4 heteroatoms. The highest BCUT2D eigenvalue weighted by molar-refractivity contribution is 5.87. The monoisotopic (exact) mass is 269 g/mol. The van der Waals surface area contributed by atoms with Gasteiger partial charge in [0.15, 0.2) is 0 Å². The van der Waals surface area contributed by atoms with Crippen LogP contribution >= 0.6 is 0 Å². The van der Waals surface area contributed by atoms with Crippen LogP contribution in [0, 0.1) is 12.8 Å². The van der Waals surface area contributed by atoms with Gasteiger partial charge >= 0.3 is 0 Å². The van der Waals surface area contributed by atoms with Crippen molar-refractivity contribution in [1.82, 2.24) is 10.3 Å². The Labute approximate surface area is 118 Å². The maximum Gasteiger partial charge on any atom is 0.224 e. The van der Waals surface area contributed by atoms with Crippen LogP contribution in [-0.4, -0.2) is 31.0 Å². The van der Waals surface area contributed by atoms with E-state index in [1.807, 2.05) is 6.20 Å². The normalized spacial score (nSPS) is 18.5. The molecule has 1 fully saturated rings. The molecule has 3 rings (SSSR count). The molecule has 4 nitrogen and oxygen atoms in total. The SMILES string of the molecule is CNC(=O)[C@@H]1CCN(c2cc3cccc(C)c3cn2)C1.